The molecule has 0 radical (unpaired) electrons. The number of urea groups is 1. The monoisotopic (exact) mass is 228 g/mol. The SMILES string of the molecule is CCOC(=O)/C(OC)=C1\NC(=O)N(C)C1=O. The van der Waals surface area contributed by atoms with E-state index in [-0.39, 0.29) is 18.1 Å². The molecule has 1 saturated heterocycles. The van der Waals surface area contributed by atoms with Gasteiger partial charge < -0.3 is 9.47 Å². The molecule has 1 aliphatic heterocycles. The van der Waals surface area contributed by atoms with Gasteiger partial charge in [0.05, 0.1) is 13.7 Å². The second-order valence-corrected chi connectivity index (χ2v) is 2.92. The number of carbonyl (C=O) groups is 3. The number of rotatable bonds is 3. The summed E-state index contributed by atoms with van der Waals surface area (Å²) in [7, 11) is 2.51. The molecule has 0 saturated carbocycles. The molecule has 1 heterocycles. The van der Waals surface area contributed by atoms with Crippen molar-refractivity contribution in [1.29, 1.82) is 0 Å². The Kier molecular flexibility index (Phi) is 3.49. The minimum atomic E-state index is -0.788. The molecule has 0 spiro atoms. The van der Waals surface area contributed by atoms with E-state index in [1.165, 1.54) is 14.2 Å². The smallest absolute Gasteiger partial charge is 0.376 e. The molecule has 0 bridgehead atoms. The minimum Gasteiger partial charge on any atom is -0.488 e. The van der Waals surface area contributed by atoms with E-state index >= 15 is 0 Å². The van der Waals surface area contributed by atoms with E-state index in [4.69, 9.17) is 4.74 Å². The average Bonchev–Trinajstić information content (AvgIpc) is 2.48. The number of nitrogens with zero attached hydrogens (tertiary/aromatic N) is 1. The first-order valence-corrected chi connectivity index (χ1v) is 4.57. The van der Waals surface area contributed by atoms with Crippen LogP contribution in [0.2, 0.25) is 0 Å². The molecule has 7 heteroatoms. The van der Waals surface area contributed by atoms with Crippen LogP contribution in [0, 0.1) is 0 Å². The molecule has 0 aromatic heterocycles. The van der Waals surface area contributed by atoms with Crippen molar-refractivity contribution in [2.45, 2.75) is 6.92 Å². The first-order chi connectivity index (χ1) is 7.52. The standard InChI is InChI=1S/C9H12N2O5/c1-4-16-8(13)6(15-3)5-7(12)11(2)9(14)10-5/h4H2,1-3H3,(H,10,14)/b6-5+. The minimum absolute atomic E-state index is 0.150. The molecule has 0 aliphatic carbocycles. The number of hydrogen-bond acceptors (Lipinski definition) is 5. The number of carbonyl (C=O) groups excluding carboxylic acids is 3. The predicted molar refractivity (Wildman–Crippen MR) is 52.0 cm³/mol. The fourth-order valence-corrected chi connectivity index (χ4v) is 1.14. The van der Waals surface area contributed by atoms with E-state index in [1.807, 2.05) is 0 Å². The Bertz CT molecular complexity index is 374. The first-order valence-electron chi connectivity index (χ1n) is 4.57. The summed E-state index contributed by atoms with van der Waals surface area (Å²) in [5.41, 5.74) is -0.201. The van der Waals surface area contributed by atoms with Crippen LogP contribution in [0.3, 0.4) is 0 Å². The van der Waals surface area contributed by atoms with Crippen LogP contribution in [-0.2, 0) is 19.1 Å². The Balaban J connectivity index is 3.06. The highest BCUT2D eigenvalue weighted by molar-refractivity contribution is 6.14. The lowest BCUT2D eigenvalue weighted by Gasteiger charge is -2.07. The molecule has 16 heavy (non-hydrogen) atoms. The van der Waals surface area contributed by atoms with Crippen molar-refractivity contribution in [3.8, 4) is 0 Å². The summed E-state index contributed by atoms with van der Waals surface area (Å²) in [5.74, 6) is -1.72. The van der Waals surface area contributed by atoms with Crippen molar-refractivity contribution in [3.63, 3.8) is 0 Å². The Morgan fingerprint density at radius 2 is 2.06 bits per heavy atom. The van der Waals surface area contributed by atoms with E-state index < -0.39 is 17.9 Å². The van der Waals surface area contributed by atoms with Crippen LogP contribution in [0.4, 0.5) is 4.79 Å². The number of methoxy groups -OCH3 is 1. The highest BCUT2D eigenvalue weighted by atomic mass is 16.6. The predicted octanol–water partition coefficient (Wildman–Crippen LogP) is -0.411. The van der Waals surface area contributed by atoms with Gasteiger partial charge in [0, 0.05) is 7.05 Å². The quantitative estimate of drug-likeness (QED) is 0.307. The first kappa shape index (κ1) is 12.0. The van der Waals surface area contributed by atoms with Gasteiger partial charge in [-0.1, -0.05) is 0 Å². The second kappa shape index (κ2) is 4.65. The van der Waals surface area contributed by atoms with Crippen LogP contribution < -0.4 is 5.32 Å². The summed E-state index contributed by atoms with van der Waals surface area (Å²) < 4.78 is 9.44. The Morgan fingerprint density at radius 3 is 2.44 bits per heavy atom. The van der Waals surface area contributed by atoms with Crippen molar-refractivity contribution in [3.05, 3.63) is 11.5 Å². The number of nitrogens with one attached hydrogen (secondary N) is 1. The van der Waals surface area contributed by atoms with Crippen molar-refractivity contribution < 1.29 is 23.9 Å². The van der Waals surface area contributed by atoms with Gasteiger partial charge in [-0.05, 0) is 6.92 Å². The number of amides is 3. The van der Waals surface area contributed by atoms with Crippen LogP contribution in [0.15, 0.2) is 11.5 Å². The van der Waals surface area contributed by atoms with E-state index in [2.05, 4.69) is 10.1 Å². The fraction of sp³-hybridized carbons (Fsp3) is 0.444. The van der Waals surface area contributed by atoms with Crippen molar-refractivity contribution >= 4 is 17.9 Å². The molecule has 3 amide bonds. The molecular weight excluding hydrogens is 216 g/mol. The summed E-state index contributed by atoms with van der Waals surface area (Å²) in [6.45, 7) is 1.77. The average molecular weight is 228 g/mol. The van der Waals surface area contributed by atoms with Gasteiger partial charge in [-0.3, -0.25) is 15.0 Å². The maximum atomic E-state index is 11.5. The van der Waals surface area contributed by atoms with Gasteiger partial charge in [-0.25, -0.2) is 9.59 Å². The lowest BCUT2D eigenvalue weighted by atomic mass is 10.3. The molecule has 1 N–H and O–H groups in total. The zero-order valence-corrected chi connectivity index (χ0v) is 9.20. The fourth-order valence-electron chi connectivity index (χ4n) is 1.14. The van der Waals surface area contributed by atoms with Gasteiger partial charge >= 0.3 is 12.0 Å². The highest BCUT2D eigenvalue weighted by Crippen LogP contribution is 2.13. The van der Waals surface area contributed by atoms with Gasteiger partial charge in [-0.15, -0.1) is 0 Å². The number of hydrogen-bond donors (Lipinski definition) is 1. The van der Waals surface area contributed by atoms with Crippen molar-refractivity contribution in [2.75, 3.05) is 20.8 Å². The Hall–Kier alpha value is -2.05. The number of likely N-dealkylation sites (N-methyl/N-ethyl adjacent to an activating group) is 1. The van der Waals surface area contributed by atoms with E-state index in [1.54, 1.807) is 6.92 Å². The summed E-state index contributed by atoms with van der Waals surface area (Å²) in [6, 6.07) is -0.612. The van der Waals surface area contributed by atoms with E-state index in [9.17, 15) is 14.4 Å². The molecule has 0 atom stereocenters. The number of imide groups is 1. The topological polar surface area (TPSA) is 84.9 Å². The normalized spacial score (nSPS) is 18.3. The van der Waals surface area contributed by atoms with Gasteiger partial charge in [0.2, 0.25) is 5.76 Å². The van der Waals surface area contributed by atoms with Crippen molar-refractivity contribution in [2.24, 2.45) is 0 Å². The molecule has 1 aliphatic rings. The van der Waals surface area contributed by atoms with Crippen LogP contribution >= 0.6 is 0 Å². The Labute approximate surface area is 92.0 Å². The molecule has 0 unspecified atom stereocenters. The second-order valence-electron chi connectivity index (χ2n) is 2.92. The lowest BCUT2D eigenvalue weighted by molar-refractivity contribution is -0.142. The summed E-state index contributed by atoms with van der Waals surface area (Å²) >= 11 is 0. The summed E-state index contributed by atoms with van der Waals surface area (Å²) in [5, 5.41) is 2.23. The third-order valence-corrected chi connectivity index (χ3v) is 1.95. The largest absolute Gasteiger partial charge is 0.488 e. The summed E-state index contributed by atoms with van der Waals surface area (Å²) in [6.07, 6.45) is 0. The lowest BCUT2D eigenvalue weighted by Crippen LogP contribution is -2.25. The van der Waals surface area contributed by atoms with Gasteiger partial charge in [0.1, 0.15) is 0 Å². The zero-order chi connectivity index (χ0) is 12.3. The zero-order valence-electron chi connectivity index (χ0n) is 9.20. The molecule has 88 valence electrons. The molecule has 1 fully saturated rings. The number of esters is 1. The number of ether oxygens (including phenoxy) is 2. The van der Waals surface area contributed by atoms with Crippen LogP contribution in [-0.4, -0.2) is 43.6 Å². The molecular formula is C9H12N2O5. The maximum absolute atomic E-state index is 11.5. The molecule has 1 rings (SSSR count). The van der Waals surface area contributed by atoms with Crippen LogP contribution in [0.1, 0.15) is 6.92 Å². The van der Waals surface area contributed by atoms with Gasteiger partial charge in [0.15, 0.2) is 5.70 Å². The maximum Gasteiger partial charge on any atom is 0.376 e. The van der Waals surface area contributed by atoms with Crippen molar-refractivity contribution in [1.82, 2.24) is 10.2 Å². The van der Waals surface area contributed by atoms with E-state index in [0.717, 1.165) is 4.90 Å². The third kappa shape index (κ3) is 1.97. The third-order valence-electron chi connectivity index (χ3n) is 1.95. The van der Waals surface area contributed by atoms with E-state index in [0.29, 0.717) is 0 Å². The van der Waals surface area contributed by atoms with Crippen LogP contribution in [0.25, 0.3) is 0 Å². The molecule has 0 aromatic carbocycles. The molecule has 7 nitrogen and oxygen atoms in total. The van der Waals surface area contributed by atoms with Gasteiger partial charge in [-0.2, -0.15) is 0 Å². The van der Waals surface area contributed by atoms with Crippen LogP contribution in [0.5, 0.6) is 0 Å². The summed E-state index contributed by atoms with van der Waals surface area (Å²) in [4.78, 5) is 34.9. The molecule has 0 aromatic rings. The Morgan fingerprint density at radius 1 is 1.44 bits per heavy atom. The van der Waals surface area contributed by atoms with Gasteiger partial charge in [0.25, 0.3) is 5.91 Å². The highest BCUT2D eigenvalue weighted by Gasteiger charge is 2.36.